The number of benzene rings is 2. The van der Waals surface area contributed by atoms with Crippen molar-refractivity contribution in [2.75, 3.05) is 10.7 Å². The Bertz CT molecular complexity index is 1070. The minimum Gasteiger partial charge on any atom is -0.325 e. The number of aryl methyl sites for hydroxylation is 1. The Hall–Kier alpha value is -2.58. The fraction of sp³-hybridized carbons (Fsp3) is 0.286. The van der Waals surface area contributed by atoms with Gasteiger partial charge < -0.3 is 10.7 Å². The van der Waals surface area contributed by atoms with Gasteiger partial charge in [0.2, 0.25) is 11.1 Å². The minimum absolute atomic E-state index is 0.196. The molecule has 2 aromatic carbocycles. The van der Waals surface area contributed by atoms with Crippen LogP contribution in [0.5, 0.6) is 0 Å². The summed E-state index contributed by atoms with van der Waals surface area (Å²) in [4.78, 5) is 13.3. The zero-order valence-electron chi connectivity index (χ0n) is 16.5. The maximum absolute atomic E-state index is 13.5. The lowest BCUT2D eigenvalue weighted by Crippen LogP contribution is -2.41. The van der Waals surface area contributed by atoms with Crippen LogP contribution in [-0.4, -0.2) is 26.0 Å². The number of nitrogens with one attached hydrogen (secondary N) is 2. The van der Waals surface area contributed by atoms with Crippen molar-refractivity contribution in [1.29, 1.82) is 0 Å². The summed E-state index contributed by atoms with van der Waals surface area (Å²) in [6, 6.07) is 11.2. The number of amides is 1. The van der Waals surface area contributed by atoms with Crippen molar-refractivity contribution in [2.45, 2.75) is 43.1 Å². The van der Waals surface area contributed by atoms with Crippen LogP contribution in [0.1, 0.15) is 36.3 Å². The Morgan fingerprint density at radius 2 is 2.03 bits per heavy atom. The van der Waals surface area contributed by atoms with Crippen LogP contribution in [0.2, 0.25) is 5.02 Å². The molecule has 3 aromatic rings. The van der Waals surface area contributed by atoms with Crippen LogP contribution in [0.3, 0.4) is 0 Å². The number of hydrogen-bond acceptors (Lipinski definition) is 5. The SMILES string of the molecule is CCCc1nnc2n1NC(c1ccc(F)cc1)C(C(=O)Nc1cccc(Cl)c1C)S2. The van der Waals surface area contributed by atoms with Gasteiger partial charge in [0, 0.05) is 17.1 Å². The molecular formula is C21H21ClFN5OS. The number of thioether (sulfide) groups is 1. The number of anilines is 1. The van der Waals surface area contributed by atoms with Gasteiger partial charge in [-0.2, -0.15) is 0 Å². The van der Waals surface area contributed by atoms with Crippen LogP contribution in [0.15, 0.2) is 47.6 Å². The Morgan fingerprint density at radius 1 is 1.27 bits per heavy atom. The molecule has 0 aliphatic carbocycles. The van der Waals surface area contributed by atoms with Crippen LogP contribution in [0.4, 0.5) is 10.1 Å². The van der Waals surface area contributed by atoms with Crippen LogP contribution in [0, 0.1) is 12.7 Å². The Morgan fingerprint density at radius 3 is 2.77 bits per heavy atom. The van der Waals surface area contributed by atoms with E-state index in [1.807, 2.05) is 17.7 Å². The van der Waals surface area contributed by atoms with Gasteiger partial charge in [-0.3, -0.25) is 4.79 Å². The number of rotatable bonds is 5. The number of nitrogens with zero attached hydrogens (tertiary/aromatic N) is 3. The molecule has 1 amide bonds. The average Bonchev–Trinajstić information content (AvgIpc) is 3.13. The van der Waals surface area contributed by atoms with Crippen LogP contribution in [0.25, 0.3) is 0 Å². The number of hydrogen-bond donors (Lipinski definition) is 2. The van der Waals surface area contributed by atoms with Gasteiger partial charge in [-0.15, -0.1) is 10.2 Å². The van der Waals surface area contributed by atoms with E-state index < -0.39 is 11.3 Å². The summed E-state index contributed by atoms with van der Waals surface area (Å²) in [5.74, 6) is 0.282. The summed E-state index contributed by atoms with van der Waals surface area (Å²) < 4.78 is 15.3. The standard InChI is InChI=1S/C21H21ClFN5OS/c1-3-5-17-25-26-21-28(17)27-18(13-8-10-14(23)11-9-13)19(30-21)20(29)24-16-7-4-6-15(22)12(16)2/h4,6-11,18-19,27H,3,5H2,1-2H3,(H,24,29). The number of carbonyl (C=O) groups is 1. The topological polar surface area (TPSA) is 71.8 Å². The summed E-state index contributed by atoms with van der Waals surface area (Å²) in [7, 11) is 0. The van der Waals surface area contributed by atoms with E-state index in [0.29, 0.717) is 15.9 Å². The first-order valence-corrected chi connectivity index (χ1v) is 10.9. The molecule has 6 nitrogen and oxygen atoms in total. The van der Waals surface area contributed by atoms with E-state index in [1.54, 1.807) is 24.3 Å². The molecule has 9 heteroatoms. The van der Waals surface area contributed by atoms with E-state index in [1.165, 1.54) is 23.9 Å². The van der Waals surface area contributed by atoms with Crippen molar-refractivity contribution in [2.24, 2.45) is 0 Å². The van der Waals surface area contributed by atoms with Gasteiger partial charge in [0.1, 0.15) is 11.1 Å². The third-order valence-corrected chi connectivity index (χ3v) is 6.62. The summed E-state index contributed by atoms with van der Waals surface area (Å²) in [5, 5.41) is 12.1. The van der Waals surface area contributed by atoms with Crippen LogP contribution < -0.4 is 10.7 Å². The molecule has 2 heterocycles. The largest absolute Gasteiger partial charge is 0.325 e. The predicted molar refractivity (Wildman–Crippen MR) is 117 cm³/mol. The number of aromatic nitrogens is 3. The second-order valence-electron chi connectivity index (χ2n) is 7.08. The zero-order chi connectivity index (χ0) is 21.3. The molecule has 2 atom stereocenters. The van der Waals surface area contributed by atoms with Crippen molar-refractivity contribution in [3.05, 3.63) is 70.3 Å². The molecule has 2 N–H and O–H groups in total. The lowest BCUT2D eigenvalue weighted by molar-refractivity contribution is -0.116. The maximum Gasteiger partial charge on any atom is 0.240 e. The normalized spacial score (nSPS) is 17.9. The van der Waals surface area contributed by atoms with E-state index >= 15 is 0 Å². The average molecular weight is 446 g/mol. The van der Waals surface area contributed by atoms with Crippen LogP contribution >= 0.6 is 23.4 Å². The van der Waals surface area contributed by atoms with E-state index in [9.17, 15) is 9.18 Å². The second-order valence-corrected chi connectivity index (χ2v) is 8.60. The predicted octanol–water partition coefficient (Wildman–Crippen LogP) is 4.73. The Balaban J connectivity index is 1.68. The van der Waals surface area contributed by atoms with E-state index in [-0.39, 0.29) is 11.7 Å². The lowest BCUT2D eigenvalue weighted by Gasteiger charge is -2.33. The second kappa shape index (κ2) is 8.65. The van der Waals surface area contributed by atoms with Gasteiger partial charge in [-0.25, -0.2) is 9.07 Å². The summed E-state index contributed by atoms with van der Waals surface area (Å²) in [6.45, 7) is 3.92. The first-order chi connectivity index (χ1) is 14.5. The van der Waals surface area contributed by atoms with Crippen LogP contribution in [-0.2, 0) is 11.2 Å². The number of fused-ring (bicyclic) bond motifs is 1. The zero-order valence-corrected chi connectivity index (χ0v) is 18.1. The Kier molecular flexibility index (Phi) is 5.97. The highest BCUT2D eigenvalue weighted by Crippen LogP contribution is 2.38. The fourth-order valence-corrected chi connectivity index (χ4v) is 4.62. The van der Waals surface area contributed by atoms with Crippen molar-refractivity contribution < 1.29 is 9.18 Å². The first kappa shape index (κ1) is 20.7. The van der Waals surface area contributed by atoms with Gasteiger partial charge in [-0.05, 0) is 48.7 Å². The molecule has 0 saturated heterocycles. The molecule has 0 spiro atoms. The van der Waals surface area contributed by atoms with Gasteiger partial charge in [0.15, 0.2) is 5.82 Å². The molecule has 0 bridgehead atoms. The number of halogens is 2. The maximum atomic E-state index is 13.5. The molecule has 0 fully saturated rings. The van der Waals surface area contributed by atoms with E-state index in [2.05, 4.69) is 27.9 Å². The molecule has 4 rings (SSSR count). The third kappa shape index (κ3) is 4.02. The smallest absolute Gasteiger partial charge is 0.240 e. The molecular weight excluding hydrogens is 425 g/mol. The highest BCUT2D eigenvalue weighted by atomic mass is 35.5. The monoisotopic (exact) mass is 445 g/mol. The van der Waals surface area contributed by atoms with Crippen molar-refractivity contribution in [1.82, 2.24) is 14.9 Å². The molecule has 0 saturated carbocycles. The van der Waals surface area contributed by atoms with E-state index in [0.717, 1.165) is 29.8 Å². The van der Waals surface area contributed by atoms with Gasteiger partial charge in [-0.1, -0.05) is 48.5 Å². The molecule has 156 valence electrons. The van der Waals surface area contributed by atoms with Crippen molar-refractivity contribution >= 4 is 35.0 Å². The minimum atomic E-state index is -0.542. The molecule has 0 radical (unpaired) electrons. The summed E-state index contributed by atoms with van der Waals surface area (Å²) in [5.41, 5.74) is 5.63. The van der Waals surface area contributed by atoms with Crippen molar-refractivity contribution in [3.8, 4) is 0 Å². The lowest BCUT2D eigenvalue weighted by atomic mass is 10.0. The van der Waals surface area contributed by atoms with Gasteiger partial charge in [0.25, 0.3) is 0 Å². The molecule has 2 unspecified atom stereocenters. The highest BCUT2D eigenvalue weighted by Gasteiger charge is 2.38. The first-order valence-electron chi connectivity index (χ1n) is 9.67. The van der Waals surface area contributed by atoms with Crippen molar-refractivity contribution in [3.63, 3.8) is 0 Å². The molecule has 30 heavy (non-hydrogen) atoms. The third-order valence-electron chi connectivity index (χ3n) is 4.99. The van der Waals surface area contributed by atoms with E-state index in [4.69, 9.17) is 11.6 Å². The Labute approximate surface area is 183 Å². The van der Waals surface area contributed by atoms with Gasteiger partial charge >= 0.3 is 0 Å². The highest BCUT2D eigenvalue weighted by molar-refractivity contribution is 8.00. The molecule has 1 aromatic heterocycles. The summed E-state index contributed by atoms with van der Waals surface area (Å²) >= 11 is 7.53. The number of carbonyl (C=O) groups excluding carboxylic acids is 1. The quantitative estimate of drug-likeness (QED) is 0.594. The molecule has 1 aliphatic heterocycles. The summed E-state index contributed by atoms with van der Waals surface area (Å²) in [6.07, 6.45) is 1.68. The van der Waals surface area contributed by atoms with Gasteiger partial charge in [0.05, 0.1) is 6.04 Å². The molecule has 1 aliphatic rings. The fourth-order valence-electron chi connectivity index (χ4n) is 3.35.